The largest absolute Gasteiger partial charge is 0.454 e. The average Bonchev–Trinajstić information content (AvgIpc) is 2.67. The highest BCUT2D eigenvalue weighted by atomic mass is 16.6. The number of ether oxygens (including phenoxy) is 3. The van der Waals surface area contributed by atoms with Gasteiger partial charge in [0.15, 0.2) is 6.10 Å². The molecule has 0 saturated carbocycles. The molecule has 0 spiro atoms. The third-order valence-electron chi connectivity index (χ3n) is 2.95. The van der Waals surface area contributed by atoms with E-state index in [1.165, 1.54) is 0 Å². The van der Waals surface area contributed by atoms with Gasteiger partial charge in [0.1, 0.15) is 6.10 Å². The molecule has 0 aromatic heterocycles. The van der Waals surface area contributed by atoms with E-state index in [-0.39, 0.29) is 17.6 Å². The van der Waals surface area contributed by atoms with Gasteiger partial charge in [-0.3, -0.25) is 4.79 Å². The third kappa shape index (κ3) is 1.07. The van der Waals surface area contributed by atoms with E-state index in [0.717, 1.165) is 0 Å². The number of carbonyl (C=O) groups excluding carboxylic acids is 3. The van der Waals surface area contributed by atoms with E-state index in [1.54, 1.807) is 6.92 Å². The lowest BCUT2D eigenvalue weighted by Gasteiger charge is -2.27. The fraction of sp³-hybridized carbons (Fsp3) is 0.500. The SMILES string of the molecule is C[C@H]1O[C@H]2CC(=O)O[C@H]2C2=C1C(=O)OC2=O. The molecule has 3 heterocycles. The molecule has 6 heteroatoms. The molecular formula is C10H8O6. The van der Waals surface area contributed by atoms with Gasteiger partial charge in [-0.2, -0.15) is 0 Å². The van der Waals surface area contributed by atoms with Gasteiger partial charge >= 0.3 is 17.9 Å². The van der Waals surface area contributed by atoms with E-state index in [4.69, 9.17) is 9.47 Å². The summed E-state index contributed by atoms with van der Waals surface area (Å²) < 4.78 is 14.9. The van der Waals surface area contributed by atoms with Gasteiger partial charge in [0.25, 0.3) is 0 Å². The Morgan fingerprint density at radius 1 is 1.12 bits per heavy atom. The van der Waals surface area contributed by atoms with Crippen molar-refractivity contribution in [3.05, 3.63) is 11.1 Å². The van der Waals surface area contributed by atoms with Crippen LogP contribution in [-0.4, -0.2) is 36.2 Å². The van der Waals surface area contributed by atoms with Crippen LogP contribution in [0.2, 0.25) is 0 Å². The highest BCUT2D eigenvalue weighted by molar-refractivity contribution is 6.14. The predicted molar refractivity (Wildman–Crippen MR) is 47.0 cm³/mol. The molecule has 0 aliphatic carbocycles. The summed E-state index contributed by atoms with van der Waals surface area (Å²) in [7, 11) is 0. The number of esters is 3. The first-order valence-corrected chi connectivity index (χ1v) is 4.93. The van der Waals surface area contributed by atoms with Crippen LogP contribution in [0.3, 0.4) is 0 Å². The first kappa shape index (κ1) is 9.53. The molecule has 0 aromatic rings. The Balaban J connectivity index is 2.10. The average molecular weight is 224 g/mol. The van der Waals surface area contributed by atoms with Crippen molar-refractivity contribution in [2.75, 3.05) is 0 Å². The molecular weight excluding hydrogens is 216 g/mol. The second-order valence-corrected chi connectivity index (χ2v) is 3.94. The van der Waals surface area contributed by atoms with Crippen LogP contribution in [-0.2, 0) is 28.6 Å². The number of hydrogen-bond acceptors (Lipinski definition) is 6. The highest BCUT2D eigenvalue weighted by Gasteiger charge is 2.52. The first-order valence-electron chi connectivity index (χ1n) is 4.93. The van der Waals surface area contributed by atoms with Crippen molar-refractivity contribution in [2.24, 2.45) is 0 Å². The van der Waals surface area contributed by atoms with Crippen molar-refractivity contribution in [3.63, 3.8) is 0 Å². The first-order chi connectivity index (χ1) is 7.58. The zero-order valence-electron chi connectivity index (χ0n) is 8.39. The molecule has 3 aliphatic heterocycles. The van der Waals surface area contributed by atoms with Crippen LogP contribution in [0.25, 0.3) is 0 Å². The summed E-state index contributed by atoms with van der Waals surface area (Å²) >= 11 is 0. The Hall–Kier alpha value is -1.69. The van der Waals surface area contributed by atoms with Crippen LogP contribution >= 0.6 is 0 Å². The Labute approximate surface area is 90.1 Å². The van der Waals surface area contributed by atoms with Crippen molar-refractivity contribution in [1.29, 1.82) is 0 Å². The smallest absolute Gasteiger partial charge is 0.346 e. The van der Waals surface area contributed by atoms with Crippen LogP contribution in [0.5, 0.6) is 0 Å². The molecule has 0 amide bonds. The summed E-state index contributed by atoms with van der Waals surface area (Å²) in [6.07, 6.45) is -1.70. The Morgan fingerprint density at radius 3 is 2.56 bits per heavy atom. The fourth-order valence-corrected chi connectivity index (χ4v) is 2.30. The van der Waals surface area contributed by atoms with Gasteiger partial charge in [-0.15, -0.1) is 0 Å². The van der Waals surface area contributed by atoms with Crippen molar-refractivity contribution in [2.45, 2.75) is 31.7 Å². The summed E-state index contributed by atoms with van der Waals surface area (Å²) in [5.74, 6) is -1.85. The molecule has 16 heavy (non-hydrogen) atoms. The van der Waals surface area contributed by atoms with Crippen LogP contribution < -0.4 is 0 Å². The molecule has 0 N–H and O–H groups in total. The minimum Gasteiger partial charge on any atom is -0.454 e. The minimum atomic E-state index is -0.780. The third-order valence-corrected chi connectivity index (χ3v) is 2.95. The maximum atomic E-state index is 11.5. The molecule has 3 rings (SSSR count). The Morgan fingerprint density at radius 2 is 1.81 bits per heavy atom. The van der Waals surface area contributed by atoms with Gasteiger partial charge in [-0.05, 0) is 6.92 Å². The van der Waals surface area contributed by atoms with Gasteiger partial charge in [0.05, 0.1) is 23.7 Å². The van der Waals surface area contributed by atoms with Gasteiger partial charge in [0.2, 0.25) is 0 Å². The van der Waals surface area contributed by atoms with Gasteiger partial charge < -0.3 is 14.2 Å². The molecule has 1 fully saturated rings. The van der Waals surface area contributed by atoms with Crippen molar-refractivity contribution >= 4 is 17.9 Å². The summed E-state index contributed by atoms with van der Waals surface area (Å²) in [6.45, 7) is 1.65. The molecule has 84 valence electrons. The molecule has 0 bridgehead atoms. The number of rotatable bonds is 0. The van der Waals surface area contributed by atoms with Gasteiger partial charge in [-0.1, -0.05) is 0 Å². The maximum Gasteiger partial charge on any atom is 0.346 e. The zero-order valence-corrected chi connectivity index (χ0v) is 8.39. The Bertz CT molecular complexity index is 448. The van der Waals surface area contributed by atoms with Gasteiger partial charge in [0, 0.05) is 0 Å². The van der Waals surface area contributed by atoms with Crippen LogP contribution in [0.4, 0.5) is 0 Å². The molecule has 1 saturated heterocycles. The molecule has 0 radical (unpaired) electrons. The number of fused-ring (bicyclic) bond motifs is 2. The number of cyclic esters (lactones) is 2. The fourth-order valence-electron chi connectivity index (χ4n) is 2.30. The van der Waals surface area contributed by atoms with E-state index in [2.05, 4.69) is 4.74 Å². The lowest BCUT2D eigenvalue weighted by molar-refractivity contribution is -0.151. The van der Waals surface area contributed by atoms with Crippen molar-refractivity contribution in [1.82, 2.24) is 0 Å². The second kappa shape index (κ2) is 2.91. The molecule has 0 aromatic carbocycles. The van der Waals surface area contributed by atoms with E-state index in [9.17, 15) is 14.4 Å². The number of hydrogen-bond donors (Lipinski definition) is 0. The van der Waals surface area contributed by atoms with Crippen molar-refractivity contribution in [3.8, 4) is 0 Å². The van der Waals surface area contributed by atoms with E-state index < -0.39 is 36.2 Å². The monoisotopic (exact) mass is 224 g/mol. The van der Waals surface area contributed by atoms with Crippen LogP contribution in [0.1, 0.15) is 13.3 Å². The molecule has 6 nitrogen and oxygen atoms in total. The summed E-state index contributed by atoms with van der Waals surface area (Å²) in [5, 5.41) is 0. The van der Waals surface area contributed by atoms with Crippen LogP contribution in [0.15, 0.2) is 11.1 Å². The minimum absolute atomic E-state index is 0.104. The maximum absolute atomic E-state index is 11.5. The number of carbonyl (C=O) groups is 3. The highest BCUT2D eigenvalue weighted by Crippen LogP contribution is 2.38. The zero-order chi connectivity index (χ0) is 11.4. The normalized spacial score (nSPS) is 37.1. The van der Waals surface area contributed by atoms with Gasteiger partial charge in [-0.25, -0.2) is 9.59 Å². The van der Waals surface area contributed by atoms with E-state index >= 15 is 0 Å². The predicted octanol–water partition coefficient (Wildman–Crippen LogP) is -0.531. The topological polar surface area (TPSA) is 78.9 Å². The standard InChI is InChI=1S/C10H8O6/c1-3-6-7(10(13)16-9(6)12)8-4(14-3)2-5(11)15-8/h3-4,8H,2H2,1H3/t3-,4+,8-/m1/s1. The second-order valence-electron chi connectivity index (χ2n) is 3.94. The van der Waals surface area contributed by atoms with E-state index in [0.29, 0.717) is 0 Å². The summed E-state index contributed by atoms with van der Waals surface area (Å²) in [5.41, 5.74) is 0.334. The quantitative estimate of drug-likeness (QED) is 0.406. The van der Waals surface area contributed by atoms with Crippen molar-refractivity contribution < 1.29 is 28.6 Å². The Kier molecular flexibility index (Phi) is 1.74. The summed E-state index contributed by atoms with van der Waals surface area (Å²) in [6, 6.07) is 0. The van der Waals surface area contributed by atoms with Crippen LogP contribution in [0, 0.1) is 0 Å². The summed E-state index contributed by atoms with van der Waals surface area (Å²) in [4.78, 5) is 34.0. The molecule has 3 aliphatic rings. The molecule has 3 atom stereocenters. The van der Waals surface area contributed by atoms with E-state index in [1.807, 2.05) is 0 Å². The molecule has 0 unspecified atom stereocenters. The lowest BCUT2D eigenvalue weighted by atomic mass is 9.94. The lowest BCUT2D eigenvalue weighted by Crippen LogP contribution is -2.38.